The van der Waals surface area contributed by atoms with Crippen LogP contribution in [-0.4, -0.2) is 61.1 Å². The molecule has 1 saturated heterocycles. The molecular formula is C19H27FN4O5. The first kappa shape index (κ1) is 22.5. The highest BCUT2D eigenvalue weighted by atomic mass is 19.1. The van der Waals surface area contributed by atoms with E-state index in [0.29, 0.717) is 12.9 Å². The summed E-state index contributed by atoms with van der Waals surface area (Å²) in [7, 11) is 3.25. The highest BCUT2D eigenvalue weighted by Gasteiger charge is 2.46. The molecule has 0 radical (unpaired) electrons. The van der Waals surface area contributed by atoms with Crippen molar-refractivity contribution in [2.75, 3.05) is 27.3 Å². The molecule has 1 aliphatic rings. The van der Waals surface area contributed by atoms with E-state index in [2.05, 4.69) is 15.3 Å². The van der Waals surface area contributed by atoms with Gasteiger partial charge in [-0.05, 0) is 27.2 Å². The summed E-state index contributed by atoms with van der Waals surface area (Å²) in [6.45, 7) is 5.29. The number of halogens is 1. The van der Waals surface area contributed by atoms with Crippen LogP contribution in [0.25, 0.3) is 0 Å². The Balaban J connectivity index is 2.60. The number of guanidine groups is 1. The summed E-state index contributed by atoms with van der Waals surface area (Å²) in [5.74, 6) is -1.46. The fraction of sp³-hybridized carbons (Fsp3) is 0.579. The second-order valence-corrected chi connectivity index (χ2v) is 8.02. The topological polar surface area (TPSA) is 113 Å². The molecule has 1 aromatic rings. The van der Waals surface area contributed by atoms with E-state index in [1.807, 2.05) is 0 Å². The average molecular weight is 410 g/mol. The molecule has 1 aromatic heterocycles. The lowest BCUT2D eigenvalue weighted by Crippen LogP contribution is -2.50. The summed E-state index contributed by atoms with van der Waals surface area (Å²) < 4.78 is 25.5. The van der Waals surface area contributed by atoms with Gasteiger partial charge in [0.25, 0.3) is 0 Å². The maximum atomic E-state index is 14.7. The molecule has 29 heavy (non-hydrogen) atoms. The van der Waals surface area contributed by atoms with Crippen molar-refractivity contribution in [1.82, 2.24) is 15.2 Å². The lowest BCUT2D eigenvalue weighted by Gasteiger charge is -2.39. The number of amides is 1. The molecular weight excluding hydrogens is 383 g/mol. The van der Waals surface area contributed by atoms with Gasteiger partial charge in [-0.3, -0.25) is 10.1 Å². The minimum absolute atomic E-state index is 0.0382. The molecule has 0 aliphatic carbocycles. The third-order valence-electron chi connectivity index (χ3n) is 4.36. The third-order valence-corrected chi connectivity index (χ3v) is 4.36. The minimum Gasteiger partial charge on any atom is -0.444 e. The quantitative estimate of drug-likeness (QED) is 0.442. The molecule has 1 fully saturated rings. The highest BCUT2D eigenvalue weighted by molar-refractivity contribution is 5.94. The van der Waals surface area contributed by atoms with Crippen LogP contribution in [0.15, 0.2) is 22.1 Å². The Morgan fingerprint density at radius 2 is 2.17 bits per heavy atom. The maximum Gasteiger partial charge on any atom is 0.414 e. The van der Waals surface area contributed by atoms with E-state index in [1.54, 1.807) is 34.9 Å². The Labute approximate surface area is 168 Å². The molecule has 160 valence electrons. The van der Waals surface area contributed by atoms with Crippen molar-refractivity contribution in [3.63, 3.8) is 0 Å². The van der Waals surface area contributed by atoms with Crippen LogP contribution in [0.1, 0.15) is 32.8 Å². The van der Waals surface area contributed by atoms with Crippen molar-refractivity contribution in [2.24, 2.45) is 10.9 Å². The van der Waals surface area contributed by atoms with Crippen LogP contribution in [0, 0.1) is 11.7 Å². The number of aldehydes is 1. The van der Waals surface area contributed by atoms with E-state index < -0.39 is 34.5 Å². The normalized spacial score (nSPS) is 22.7. The summed E-state index contributed by atoms with van der Waals surface area (Å²) in [5.41, 5.74) is -2.88. The minimum atomic E-state index is -1.52. The van der Waals surface area contributed by atoms with Crippen molar-refractivity contribution in [3.8, 4) is 0 Å². The highest BCUT2D eigenvalue weighted by Crippen LogP contribution is 2.39. The number of carbonyl (C=O) groups is 2. The van der Waals surface area contributed by atoms with Gasteiger partial charge in [-0.25, -0.2) is 14.2 Å². The smallest absolute Gasteiger partial charge is 0.414 e. The number of H-pyrrole nitrogens is 1. The van der Waals surface area contributed by atoms with Gasteiger partial charge in [0.05, 0.1) is 6.61 Å². The van der Waals surface area contributed by atoms with E-state index in [9.17, 15) is 18.8 Å². The van der Waals surface area contributed by atoms with Crippen LogP contribution in [0.3, 0.4) is 0 Å². The van der Waals surface area contributed by atoms with Crippen LogP contribution in [-0.2, 0) is 19.8 Å². The fourth-order valence-electron chi connectivity index (χ4n) is 3.03. The van der Waals surface area contributed by atoms with Crippen LogP contribution >= 0.6 is 0 Å². The summed E-state index contributed by atoms with van der Waals surface area (Å²) in [6, 6.07) is 1.06. The number of rotatable bonds is 3. The summed E-state index contributed by atoms with van der Waals surface area (Å²) in [4.78, 5) is 44.3. The van der Waals surface area contributed by atoms with Crippen molar-refractivity contribution in [3.05, 3.63) is 34.0 Å². The largest absolute Gasteiger partial charge is 0.444 e. The van der Waals surface area contributed by atoms with Gasteiger partial charge in [-0.1, -0.05) is 0 Å². The lowest BCUT2D eigenvalue weighted by atomic mass is 9.76. The van der Waals surface area contributed by atoms with Crippen molar-refractivity contribution in [2.45, 2.75) is 38.3 Å². The summed E-state index contributed by atoms with van der Waals surface area (Å²) >= 11 is 0. The summed E-state index contributed by atoms with van der Waals surface area (Å²) in [5, 5.41) is 2.53. The summed E-state index contributed by atoms with van der Waals surface area (Å²) in [6.07, 6.45) is 1.12. The molecule has 0 spiro atoms. The lowest BCUT2D eigenvalue weighted by molar-refractivity contribution is -0.118. The monoisotopic (exact) mass is 410 g/mol. The number of pyridine rings is 1. The van der Waals surface area contributed by atoms with Gasteiger partial charge < -0.3 is 24.2 Å². The molecule has 10 heteroatoms. The van der Waals surface area contributed by atoms with Crippen LogP contribution in [0.5, 0.6) is 0 Å². The second kappa shape index (κ2) is 8.73. The number of nitrogens with one attached hydrogen (secondary N) is 2. The Morgan fingerprint density at radius 3 is 2.76 bits per heavy atom. The Kier molecular flexibility index (Phi) is 6.78. The Bertz CT molecular complexity index is 846. The first-order chi connectivity index (χ1) is 13.5. The maximum absolute atomic E-state index is 14.7. The van der Waals surface area contributed by atoms with Crippen LogP contribution in [0.4, 0.5) is 9.18 Å². The van der Waals surface area contributed by atoms with Gasteiger partial charge in [-0.2, -0.15) is 0 Å². The fourth-order valence-corrected chi connectivity index (χ4v) is 3.03. The Morgan fingerprint density at radius 1 is 1.48 bits per heavy atom. The van der Waals surface area contributed by atoms with Gasteiger partial charge in [-0.15, -0.1) is 0 Å². The van der Waals surface area contributed by atoms with Gasteiger partial charge in [0.15, 0.2) is 0 Å². The van der Waals surface area contributed by atoms with Gasteiger partial charge in [0.2, 0.25) is 11.5 Å². The molecule has 2 atom stereocenters. The van der Waals surface area contributed by atoms with E-state index in [-0.39, 0.29) is 24.6 Å². The second-order valence-electron chi connectivity index (χ2n) is 8.02. The SMILES string of the molecule is CN(C)C(=NC1(c2cc(=O)[nH]cc2F)COCC[C@H]1C=O)NC(=O)OC(C)(C)C. The number of hydrogen-bond donors (Lipinski definition) is 2. The molecule has 2 heterocycles. The number of aromatic nitrogens is 1. The Hall–Kier alpha value is -2.75. The predicted molar refractivity (Wildman–Crippen MR) is 104 cm³/mol. The molecule has 9 nitrogen and oxygen atoms in total. The standard InChI is InChI=1S/C19H27FN4O5/c1-18(2,3)29-17(27)22-16(24(4)5)23-19(11-28-7-6-12(19)10-25)13-8-15(26)21-9-14(13)20/h8-10,12H,6-7,11H2,1-5H3,(H,21,26)(H,22,23,27)/t12-,19?/m0/s1. The number of ether oxygens (including phenoxy) is 2. The van der Waals surface area contributed by atoms with E-state index in [4.69, 9.17) is 9.47 Å². The zero-order valence-electron chi connectivity index (χ0n) is 17.2. The molecule has 1 unspecified atom stereocenters. The molecule has 1 amide bonds. The zero-order chi connectivity index (χ0) is 21.8. The average Bonchev–Trinajstić information content (AvgIpc) is 2.61. The van der Waals surface area contributed by atoms with Crippen LogP contribution in [0.2, 0.25) is 0 Å². The number of alkyl carbamates (subject to hydrolysis) is 1. The van der Waals surface area contributed by atoms with Gasteiger partial charge in [0.1, 0.15) is 23.2 Å². The number of hydrogen-bond acceptors (Lipinski definition) is 6. The number of carbonyl (C=O) groups excluding carboxylic acids is 2. The molecule has 1 aliphatic heterocycles. The van der Waals surface area contributed by atoms with Gasteiger partial charge in [0, 0.05) is 44.4 Å². The van der Waals surface area contributed by atoms with Gasteiger partial charge >= 0.3 is 6.09 Å². The van der Waals surface area contributed by atoms with E-state index in [1.165, 1.54) is 4.90 Å². The molecule has 2 N–H and O–H groups in total. The number of aromatic amines is 1. The van der Waals surface area contributed by atoms with E-state index in [0.717, 1.165) is 12.3 Å². The van der Waals surface area contributed by atoms with Crippen molar-refractivity contribution < 1.29 is 23.5 Å². The predicted octanol–water partition coefficient (Wildman–Crippen LogP) is 1.39. The first-order valence-corrected chi connectivity index (χ1v) is 9.17. The molecule has 0 saturated carbocycles. The number of aliphatic imine (C=N–C) groups is 1. The number of nitrogens with zero attached hydrogens (tertiary/aromatic N) is 2. The zero-order valence-corrected chi connectivity index (χ0v) is 17.2. The first-order valence-electron chi connectivity index (χ1n) is 9.17. The van der Waals surface area contributed by atoms with Crippen molar-refractivity contribution >= 4 is 18.3 Å². The van der Waals surface area contributed by atoms with E-state index >= 15 is 0 Å². The third kappa shape index (κ3) is 5.41. The molecule has 2 rings (SSSR count). The molecule has 0 aromatic carbocycles. The molecule has 0 bridgehead atoms. The van der Waals surface area contributed by atoms with Crippen molar-refractivity contribution in [1.29, 1.82) is 0 Å². The van der Waals surface area contributed by atoms with Crippen LogP contribution < -0.4 is 10.9 Å².